The largest absolute Gasteiger partial charge is 0.454 e. The summed E-state index contributed by atoms with van der Waals surface area (Å²) in [5, 5.41) is 0. The Balaban J connectivity index is 1.82. The predicted octanol–water partition coefficient (Wildman–Crippen LogP) is 2.60. The molecule has 140 valence electrons. The first kappa shape index (κ1) is 17.7. The third-order valence-electron chi connectivity index (χ3n) is 4.20. The molecule has 27 heavy (non-hydrogen) atoms. The fraction of sp³-hybridized carbons (Fsp3) is 0.222. The van der Waals surface area contributed by atoms with Crippen LogP contribution in [0.1, 0.15) is 17.3 Å². The number of sulfone groups is 1. The van der Waals surface area contributed by atoms with Crippen LogP contribution >= 0.6 is 11.3 Å². The lowest BCUT2D eigenvalue weighted by Crippen LogP contribution is -2.16. The molecule has 4 rings (SSSR count). The Bertz CT molecular complexity index is 1240. The Hall–Kier alpha value is -2.65. The molecule has 0 bridgehead atoms. The summed E-state index contributed by atoms with van der Waals surface area (Å²) in [7, 11) is -3.40. The number of aromatic nitrogens is 1. The van der Waals surface area contributed by atoms with E-state index in [0.29, 0.717) is 22.8 Å². The van der Waals surface area contributed by atoms with Gasteiger partial charge in [0.15, 0.2) is 26.1 Å². The fourth-order valence-corrected chi connectivity index (χ4v) is 4.63. The first-order valence-electron chi connectivity index (χ1n) is 8.19. The molecule has 0 unspecified atom stereocenters. The molecular weight excluding hydrogens is 388 g/mol. The maximum Gasteiger partial charge on any atom is 0.279 e. The molecule has 1 amide bonds. The molecule has 0 spiro atoms. The van der Waals surface area contributed by atoms with Crippen LogP contribution in [0.5, 0.6) is 11.5 Å². The second kappa shape index (κ2) is 6.50. The van der Waals surface area contributed by atoms with E-state index < -0.39 is 15.7 Å². The lowest BCUT2D eigenvalue weighted by atomic mass is 10.2. The second-order valence-electron chi connectivity index (χ2n) is 6.02. The molecule has 0 saturated carbocycles. The van der Waals surface area contributed by atoms with E-state index in [0.717, 1.165) is 16.5 Å². The zero-order valence-electron chi connectivity index (χ0n) is 14.6. The summed E-state index contributed by atoms with van der Waals surface area (Å²) in [6.45, 7) is 2.78. The predicted molar refractivity (Wildman–Crippen MR) is 101 cm³/mol. The van der Waals surface area contributed by atoms with Crippen molar-refractivity contribution in [1.29, 1.82) is 0 Å². The van der Waals surface area contributed by atoms with Gasteiger partial charge in [-0.3, -0.25) is 4.79 Å². The average Bonchev–Trinajstić information content (AvgIpc) is 3.21. The zero-order chi connectivity index (χ0) is 19.2. The SMILES string of the molecule is CCn1c(=NC(=O)c2cccc(S(C)(=O)=O)c2)sc2cc3c(cc21)OCO3. The number of hydrogen-bond donors (Lipinski definition) is 0. The first-order chi connectivity index (χ1) is 12.9. The van der Waals surface area contributed by atoms with Gasteiger partial charge in [-0.05, 0) is 25.1 Å². The van der Waals surface area contributed by atoms with E-state index in [2.05, 4.69) is 4.99 Å². The maximum atomic E-state index is 12.6. The van der Waals surface area contributed by atoms with Gasteiger partial charge in [-0.1, -0.05) is 17.4 Å². The first-order valence-corrected chi connectivity index (χ1v) is 10.9. The Labute approximate surface area is 159 Å². The molecule has 1 aliphatic rings. The van der Waals surface area contributed by atoms with Gasteiger partial charge in [0.1, 0.15) is 0 Å². The third kappa shape index (κ3) is 3.24. The molecule has 2 heterocycles. The van der Waals surface area contributed by atoms with Crippen molar-refractivity contribution in [3.63, 3.8) is 0 Å². The summed E-state index contributed by atoms with van der Waals surface area (Å²) >= 11 is 1.37. The normalized spacial score (nSPS) is 14.1. The van der Waals surface area contributed by atoms with E-state index in [1.54, 1.807) is 6.07 Å². The van der Waals surface area contributed by atoms with E-state index >= 15 is 0 Å². The second-order valence-corrected chi connectivity index (χ2v) is 9.04. The topological polar surface area (TPSA) is 87.0 Å². The van der Waals surface area contributed by atoms with Crippen LogP contribution in [0.2, 0.25) is 0 Å². The van der Waals surface area contributed by atoms with Crippen LogP contribution in [-0.4, -0.2) is 31.9 Å². The van der Waals surface area contributed by atoms with Gasteiger partial charge in [-0.2, -0.15) is 4.99 Å². The van der Waals surface area contributed by atoms with Crippen LogP contribution in [-0.2, 0) is 16.4 Å². The lowest BCUT2D eigenvalue weighted by molar-refractivity contribution is 0.0997. The number of hydrogen-bond acceptors (Lipinski definition) is 6. The van der Waals surface area contributed by atoms with Gasteiger partial charge in [0.2, 0.25) is 6.79 Å². The number of nitrogens with zero attached hydrogens (tertiary/aromatic N) is 2. The number of rotatable bonds is 3. The Morgan fingerprint density at radius 1 is 1.22 bits per heavy atom. The maximum absolute atomic E-state index is 12.6. The van der Waals surface area contributed by atoms with Crippen molar-refractivity contribution in [1.82, 2.24) is 4.57 Å². The van der Waals surface area contributed by atoms with Crippen LogP contribution in [0.3, 0.4) is 0 Å². The Kier molecular flexibility index (Phi) is 4.27. The van der Waals surface area contributed by atoms with Gasteiger partial charge in [-0.25, -0.2) is 8.42 Å². The van der Waals surface area contributed by atoms with Crippen molar-refractivity contribution in [2.45, 2.75) is 18.4 Å². The molecular formula is C18H16N2O5S2. The van der Waals surface area contributed by atoms with Crippen molar-refractivity contribution in [2.75, 3.05) is 13.0 Å². The van der Waals surface area contributed by atoms with Gasteiger partial charge in [0, 0.05) is 30.5 Å². The van der Waals surface area contributed by atoms with Crippen molar-refractivity contribution < 1.29 is 22.7 Å². The molecule has 9 heteroatoms. The van der Waals surface area contributed by atoms with Crippen molar-refractivity contribution in [3.8, 4) is 11.5 Å². The van der Waals surface area contributed by atoms with E-state index in [9.17, 15) is 13.2 Å². The molecule has 0 atom stereocenters. The highest BCUT2D eigenvalue weighted by Crippen LogP contribution is 2.36. The van der Waals surface area contributed by atoms with Crippen LogP contribution in [0.15, 0.2) is 46.3 Å². The standard InChI is InChI=1S/C18H16N2O5S2/c1-3-20-13-8-14-15(25-10-24-14)9-16(13)26-18(20)19-17(21)11-5-4-6-12(7-11)27(2,22)23/h4-9H,3,10H2,1-2H3. The number of benzene rings is 2. The highest BCUT2D eigenvalue weighted by atomic mass is 32.2. The quantitative estimate of drug-likeness (QED) is 0.670. The van der Waals surface area contributed by atoms with Crippen LogP contribution in [0.25, 0.3) is 10.2 Å². The monoisotopic (exact) mass is 404 g/mol. The number of carbonyl (C=O) groups is 1. The summed E-state index contributed by atoms with van der Waals surface area (Å²) in [6.07, 6.45) is 1.11. The molecule has 0 radical (unpaired) electrons. The molecule has 3 aromatic rings. The Morgan fingerprint density at radius 3 is 2.67 bits per heavy atom. The average molecular weight is 404 g/mol. The fourth-order valence-electron chi connectivity index (χ4n) is 2.86. The minimum atomic E-state index is -3.40. The van der Waals surface area contributed by atoms with Crippen LogP contribution < -0.4 is 14.3 Å². The van der Waals surface area contributed by atoms with Crippen molar-refractivity contribution in [3.05, 3.63) is 46.8 Å². The molecule has 0 fully saturated rings. The Morgan fingerprint density at radius 2 is 1.96 bits per heavy atom. The summed E-state index contributed by atoms with van der Waals surface area (Å²) in [5.41, 5.74) is 1.13. The molecule has 0 aliphatic carbocycles. The lowest BCUT2D eigenvalue weighted by Gasteiger charge is -2.02. The van der Waals surface area contributed by atoms with Gasteiger partial charge in [0.05, 0.1) is 15.1 Å². The minimum Gasteiger partial charge on any atom is -0.454 e. The zero-order valence-corrected chi connectivity index (χ0v) is 16.3. The number of thiazole rings is 1. The van der Waals surface area contributed by atoms with Crippen LogP contribution in [0, 0.1) is 0 Å². The smallest absolute Gasteiger partial charge is 0.279 e. The van der Waals surface area contributed by atoms with Gasteiger partial charge >= 0.3 is 0 Å². The number of carbonyl (C=O) groups excluding carboxylic acids is 1. The number of aryl methyl sites for hydroxylation is 1. The highest BCUT2D eigenvalue weighted by Gasteiger charge is 2.18. The summed E-state index contributed by atoms with van der Waals surface area (Å²) in [4.78, 5) is 17.5. The third-order valence-corrected chi connectivity index (χ3v) is 6.35. The van der Waals surface area contributed by atoms with E-state index in [1.165, 1.54) is 29.5 Å². The van der Waals surface area contributed by atoms with Crippen LogP contribution in [0.4, 0.5) is 0 Å². The summed E-state index contributed by atoms with van der Waals surface area (Å²) in [6, 6.07) is 9.66. The van der Waals surface area contributed by atoms with Gasteiger partial charge < -0.3 is 14.0 Å². The van der Waals surface area contributed by atoms with Crippen molar-refractivity contribution in [2.24, 2.45) is 4.99 Å². The molecule has 1 aromatic heterocycles. The van der Waals surface area contributed by atoms with E-state index in [1.807, 2.05) is 23.6 Å². The molecule has 2 aromatic carbocycles. The number of ether oxygens (including phenoxy) is 2. The number of amides is 1. The van der Waals surface area contributed by atoms with Gasteiger partial charge in [0.25, 0.3) is 5.91 Å². The summed E-state index contributed by atoms with van der Waals surface area (Å²) < 4.78 is 37.1. The minimum absolute atomic E-state index is 0.0916. The molecule has 1 aliphatic heterocycles. The number of fused-ring (bicyclic) bond motifs is 2. The molecule has 0 saturated heterocycles. The van der Waals surface area contributed by atoms with Crippen molar-refractivity contribution >= 4 is 37.3 Å². The molecule has 7 nitrogen and oxygen atoms in total. The van der Waals surface area contributed by atoms with E-state index in [-0.39, 0.29) is 17.3 Å². The molecule has 0 N–H and O–H groups in total. The summed E-state index contributed by atoms with van der Waals surface area (Å²) in [5.74, 6) is 0.848. The van der Waals surface area contributed by atoms with E-state index in [4.69, 9.17) is 9.47 Å². The van der Waals surface area contributed by atoms with Gasteiger partial charge in [-0.15, -0.1) is 0 Å². The highest BCUT2D eigenvalue weighted by molar-refractivity contribution is 7.90.